The van der Waals surface area contributed by atoms with Crippen LogP contribution in [-0.2, 0) is 9.53 Å². The van der Waals surface area contributed by atoms with Crippen molar-refractivity contribution in [3.05, 3.63) is 29.8 Å². The third-order valence-electron chi connectivity index (χ3n) is 2.87. The highest BCUT2D eigenvalue weighted by Gasteiger charge is 2.32. The summed E-state index contributed by atoms with van der Waals surface area (Å²) in [7, 11) is 0. The highest BCUT2D eigenvalue weighted by atomic mass is 32.1. The molecule has 4 nitrogen and oxygen atoms in total. The summed E-state index contributed by atoms with van der Waals surface area (Å²) in [5.41, 5.74) is 2.04. The molecule has 0 spiro atoms. The average molecular weight is 264 g/mol. The van der Waals surface area contributed by atoms with Crippen LogP contribution in [0.1, 0.15) is 18.9 Å². The summed E-state index contributed by atoms with van der Waals surface area (Å²) in [5.74, 6) is -0.239. The average Bonchev–Trinajstić information content (AvgIpc) is 2.61. The topological polar surface area (TPSA) is 50.4 Å². The Bertz CT molecular complexity index is 476. The molecular formula is C13H16N2O2S. The number of hydrogen-bond donors (Lipinski definition) is 2. The van der Waals surface area contributed by atoms with Crippen molar-refractivity contribution < 1.29 is 9.53 Å². The zero-order chi connectivity index (χ0) is 13.1. The maximum absolute atomic E-state index is 11.5. The summed E-state index contributed by atoms with van der Waals surface area (Å²) >= 11 is 5.19. The van der Waals surface area contributed by atoms with Gasteiger partial charge in [-0.05, 0) is 37.7 Å². The highest BCUT2D eigenvalue weighted by Crippen LogP contribution is 2.16. The first-order valence-electron chi connectivity index (χ1n) is 5.90. The summed E-state index contributed by atoms with van der Waals surface area (Å²) in [6, 6.07) is 7.50. The first kappa shape index (κ1) is 12.8. The van der Waals surface area contributed by atoms with Crippen LogP contribution in [0.15, 0.2) is 24.3 Å². The van der Waals surface area contributed by atoms with Crippen molar-refractivity contribution in [3.8, 4) is 0 Å². The largest absolute Gasteiger partial charge is 0.461 e. The van der Waals surface area contributed by atoms with Crippen LogP contribution in [0, 0.1) is 6.92 Å². The number of carbonyl (C=O) groups excluding carboxylic acids is 1. The smallest absolute Gasteiger partial charge is 0.329 e. The molecule has 2 N–H and O–H groups in total. The molecule has 1 saturated heterocycles. The standard InChI is InChI=1S/C13H16N2O2S/c1-8-5-3-4-6-10(8)14-13(18)15-11-7-9(2)17-12(11)16/h3-6,9,11H,7H2,1-2H3,(H2,14,15,18)/t9-,11-/m1/s1. The lowest BCUT2D eigenvalue weighted by atomic mass is 10.2. The lowest BCUT2D eigenvalue weighted by molar-refractivity contribution is -0.142. The number of anilines is 1. The van der Waals surface area contributed by atoms with E-state index in [4.69, 9.17) is 17.0 Å². The molecule has 0 unspecified atom stereocenters. The van der Waals surface area contributed by atoms with Crippen molar-refractivity contribution in [3.63, 3.8) is 0 Å². The Kier molecular flexibility index (Phi) is 3.81. The van der Waals surface area contributed by atoms with Crippen molar-refractivity contribution in [1.29, 1.82) is 0 Å². The molecule has 5 heteroatoms. The van der Waals surface area contributed by atoms with Crippen LogP contribution < -0.4 is 10.6 Å². The van der Waals surface area contributed by atoms with Crippen LogP contribution in [0.2, 0.25) is 0 Å². The number of nitrogens with one attached hydrogen (secondary N) is 2. The van der Waals surface area contributed by atoms with Crippen LogP contribution in [0.25, 0.3) is 0 Å². The number of carbonyl (C=O) groups is 1. The van der Waals surface area contributed by atoms with E-state index in [1.165, 1.54) is 0 Å². The van der Waals surface area contributed by atoms with Gasteiger partial charge in [-0.15, -0.1) is 0 Å². The molecule has 2 atom stereocenters. The van der Waals surface area contributed by atoms with Gasteiger partial charge in [-0.1, -0.05) is 18.2 Å². The SMILES string of the molecule is Cc1ccccc1NC(=S)N[C@@H]1C[C@@H](C)OC1=O. The molecule has 1 aliphatic rings. The molecule has 0 aromatic heterocycles. The molecule has 1 aliphatic heterocycles. The van der Waals surface area contributed by atoms with Crippen molar-refractivity contribution in [2.75, 3.05) is 5.32 Å². The summed E-state index contributed by atoms with van der Waals surface area (Å²) in [5, 5.41) is 6.51. The number of thiocarbonyl (C=S) groups is 1. The predicted molar refractivity (Wildman–Crippen MR) is 74.5 cm³/mol. The van der Waals surface area contributed by atoms with Gasteiger partial charge < -0.3 is 15.4 Å². The number of cyclic esters (lactones) is 1. The van der Waals surface area contributed by atoms with Crippen molar-refractivity contribution in [2.45, 2.75) is 32.4 Å². The molecule has 0 aliphatic carbocycles. The predicted octanol–water partition coefficient (Wildman–Crippen LogP) is 1.99. The molecule has 0 amide bonds. The summed E-state index contributed by atoms with van der Waals surface area (Å²) in [6.45, 7) is 3.87. The molecule has 18 heavy (non-hydrogen) atoms. The number of esters is 1. The van der Waals surface area contributed by atoms with Crippen LogP contribution in [0.5, 0.6) is 0 Å². The number of ether oxygens (including phenoxy) is 1. The van der Waals surface area contributed by atoms with E-state index in [0.29, 0.717) is 11.5 Å². The molecule has 1 fully saturated rings. The Hall–Kier alpha value is -1.62. The van der Waals surface area contributed by atoms with E-state index < -0.39 is 0 Å². The first-order chi connectivity index (χ1) is 8.56. The normalized spacial score (nSPS) is 22.4. The van der Waals surface area contributed by atoms with E-state index in [1.54, 1.807) is 0 Å². The van der Waals surface area contributed by atoms with E-state index in [2.05, 4.69) is 10.6 Å². The fraction of sp³-hybridized carbons (Fsp3) is 0.385. The van der Waals surface area contributed by atoms with E-state index >= 15 is 0 Å². The van der Waals surface area contributed by atoms with Crippen molar-refractivity contribution >= 4 is 29.0 Å². The monoisotopic (exact) mass is 264 g/mol. The van der Waals surface area contributed by atoms with Crippen LogP contribution >= 0.6 is 12.2 Å². The number of aryl methyl sites for hydroxylation is 1. The molecule has 0 saturated carbocycles. The Balaban J connectivity index is 1.94. The highest BCUT2D eigenvalue weighted by molar-refractivity contribution is 7.80. The Labute approximate surface area is 112 Å². The van der Waals surface area contributed by atoms with Crippen LogP contribution in [0.3, 0.4) is 0 Å². The summed E-state index contributed by atoms with van der Waals surface area (Å²) in [6.07, 6.45) is 0.602. The fourth-order valence-electron chi connectivity index (χ4n) is 1.90. The van der Waals surface area contributed by atoms with Gasteiger partial charge in [-0.3, -0.25) is 0 Å². The molecule has 0 radical (unpaired) electrons. The van der Waals surface area contributed by atoms with Gasteiger partial charge in [0.15, 0.2) is 5.11 Å². The van der Waals surface area contributed by atoms with E-state index in [0.717, 1.165) is 11.3 Å². The Morgan fingerprint density at radius 3 is 2.78 bits per heavy atom. The van der Waals surface area contributed by atoms with Crippen LogP contribution in [-0.4, -0.2) is 23.2 Å². The lowest BCUT2D eigenvalue weighted by Gasteiger charge is -2.14. The van der Waals surface area contributed by atoms with Gasteiger partial charge in [0.2, 0.25) is 0 Å². The maximum Gasteiger partial charge on any atom is 0.329 e. The second-order valence-electron chi connectivity index (χ2n) is 4.45. The third-order valence-corrected chi connectivity index (χ3v) is 3.09. The van der Waals surface area contributed by atoms with E-state index in [-0.39, 0.29) is 18.1 Å². The van der Waals surface area contributed by atoms with E-state index in [9.17, 15) is 4.79 Å². The van der Waals surface area contributed by atoms with Gasteiger partial charge >= 0.3 is 5.97 Å². The van der Waals surface area contributed by atoms with Gasteiger partial charge in [0.1, 0.15) is 12.1 Å². The van der Waals surface area contributed by atoms with Gasteiger partial charge in [-0.2, -0.15) is 0 Å². The lowest BCUT2D eigenvalue weighted by Crippen LogP contribution is -2.40. The number of para-hydroxylation sites is 1. The Morgan fingerprint density at radius 2 is 2.17 bits per heavy atom. The number of rotatable bonds is 2. The fourth-order valence-corrected chi connectivity index (χ4v) is 2.16. The van der Waals surface area contributed by atoms with Gasteiger partial charge in [0, 0.05) is 12.1 Å². The second kappa shape index (κ2) is 5.35. The molecule has 96 valence electrons. The molecule has 0 bridgehead atoms. The minimum Gasteiger partial charge on any atom is -0.461 e. The second-order valence-corrected chi connectivity index (χ2v) is 4.86. The zero-order valence-corrected chi connectivity index (χ0v) is 11.2. The minimum absolute atomic E-state index is 0.0451. The van der Waals surface area contributed by atoms with Crippen LogP contribution in [0.4, 0.5) is 5.69 Å². The Morgan fingerprint density at radius 1 is 1.44 bits per heavy atom. The summed E-state index contributed by atoms with van der Waals surface area (Å²) < 4.78 is 5.06. The van der Waals surface area contributed by atoms with Gasteiger partial charge in [0.25, 0.3) is 0 Å². The minimum atomic E-state index is -0.344. The molecule has 2 rings (SSSR count). The molecule has 1 aromatic carbocycles. The first-order valence-corrected chi connectivity index (χ1v) is 6.30. The number of benzene rings is 1. The van der Waals surface area contributed by atoms with E-state index in [1.807, 2.05) is 38.1 Å². The number of hydrogen-bond acceptors (Lipinski definition) is 3. The quantitative estimate of drug-likeness (QED) is 0.632. The molecular weight excluding hydrogens is 248 g/mol. The summed E-state index contributed by atoms with van der Waals surface area (Å²) in [4.78, 5) is 11.5. The van der Waals surface area contributed by atoms with Gasteiger partial charge in [0.05, 0.1) is 0 Å². The zero-order valence-electron chi connectivity index (χ0n) is 10.4. The maximum atomic E-state index is 11.5. The van der Waals surface area contributed by atoms with Gasteiger partial charge in [-0.25, -0.2) is 4.79 Å². The van der Waals surface area contributed by atoms with Crippen molar-refractivity contribution in [1.82, 2.24) is 5.32 Å². The third kappa shape index (κ3) is 2.98. The van der Waals surface area contributed by atoms with Crippen molar-refractivity contribution in [2.24, 2.45) is 0 Å². The molecule has 1 aromatic rings. The molecule has 1 heterocycles.